The summed E-state index contributed by atoms with van der Waals surface area (Å²) in [6.45, 7) is 13.4. The SMILES string of the molecule is CC(C)NCc1ccc(CN2CCCC(C)(C)CC2)nc1. The predicted molar refractivity (Wildman–Crippen MR) is 89.1 cm³/mol. The summed E-state index contributed by atoms with van der Waals surface area (Å²) in [6, 6.07) is 4.91. The number of hydrogen-bond donors (Lipinski definition) is 1. The summed E-state index contributed by atoms with van der Waals surface area (Å²) in [5.74, 6) is 0. The second kappa shape index (κ2) is 7.37. The van der Waals surface area contributed by atoms with E-state index < -0.39 is 0 Å². The molecule has 1 fully saturated rings. The number of nitrogens with one attached hydrogen (secondary N) is 1. The molecule has 1 aromatic heterocycles. The van der Waals surface area contributed by atoms with E-state index >= 15 is 0 Å². The molecule has 0 spiro atoms. The molecular weight excluding hydrogens is 258 g/mol. The minimum Gasteiger partial charge on any atom is -0.310 e. The highest BCUT2D eigenvalue weighted by Crippen LogP contribution is 2.30. The van der Waals surface area contributed by atoms with Gasteiger partial charge in [-0.15, -0.1) is 0 Å². The Morgan fingerprint density at radius 3 is 2.71 bits per heavy atom. The molecule has 2 heterocycles. The lowest BCUT2D eigenvalue weighted by molar-refractivity contribution is 0.253. The van der Waals surface area contributed by atoms with Gasteiger partial charge < -0.3 is 5.32 Å². The molecule has 0 saturated carbocycles. The normalized spacial score (nSPS) is 19.7. The third kappa shape index (κ3) is 5.76. The smallest absolute Gasteiger partial charge is 0.0544 e. The molecule has 1 saturated heterocycles. The van der Waals surface area contributed by atoms with Crippen LogP contribution in [-0.4, -0.2) is 29.0 Å². The molecule has 0 bridgehead atoms. The second-order valence-corrected chi connectivity index (χ2v) is 7.49. The van der Waals surface area contributed by atoms with Gasteiger partial charge in [0.25, 0.3) is 0 Å². The van der Waals surface area contributed by atoms with Crippen LogP contribution in [0.2, 0.25) is 0 Å². The van der Waals surface area contributed by atoms with Crippen molar-refractivity contribution in [3.8, 4) is 0 Å². The van der Waals surface area contributed by atoms with Crippen molar-refractivity contribution in [2.45, 2.75) is 66.1 Å². The van der Waals surface area contributed by atoms with Gasteiger partial charge in [-0.2, -0.15) is 0 Å². The van der Waals surface area contributed by atoms with Gasteiger partial charge in [0, 0.05) is 25.3 Å². The van der Waals surface area contributed by atoms with Crippen LogP contribution in [0.3, 0.4) is 0 Å². The Hall–Kier alpha value is -0.930. The van der Waals surface area contributed by atoms with Gasteiger partial charge in [-0.3, -0.25) is 9.88 Å². The van der Waals surface area contributed by atoms with Gasteiger partial charge in [0.15, 0.2) is 0 Å². The quantitative estimate of drug-likeness (QED) is 0.898. The van der Waals surface area contributed by atoms with Crippen molar-refractivity contribution in [2.75, 3.05) is 13.1 Å². The van der Waals surface area contributed by atoms with Crippen LogP contribution in [0.1, 0.15) is 58.2 Å². The van der Waals surface area contributed by atoms with Gasteiger partial charge in [-0.1, -0.05) is 33.8 Å². The van der Waals surface area contributed by atoms with Crippen molar-refractivity contribution < 1.29 is 0 Å². The van der Waals surface area contributed by atoms with Crippen molar-refractivity contribution in [3.05, 3.63) is 29.6 Å². The van der Waals surface area contributed by atoms with E-state index in [9.17, 15) is 0 Å². The molecule has 3 heteroatoms. The average molecular weight is 289 g/mol. The minimum atomic E-state index is 0.508. The molecule has 0 unspecified atom stereocenters. The second-order valence-electron chi connectivity index (χ2n) is 7.49. The van der Waals surface area contributed by atoms with E-state index in [-0.39, 0.29) is 0 Å². The Morgan fingerprint density at radius 2 is 2.05 bits per heavy atom. The molecule has 118 valence electrons. The number of nitrogens with zero attached hydrogens (tertiary/aromatic N) is 2. The Morgan fingerprint density at radius 1 is 1.24 bits per heavy atom. The highest BCUT2D eigenvalue weighted by molar-refractivity contribution is 5.14. The molecule has 0 amide bonds. The van der Waals surface area contributed by atoms with Gasteiger partial charge in [-0.05, 0) is 49.4 Å². The topological polar surface area (TPSA) is 28.2 Å². The van der Waals surface area contributed by atoms with Gasteiger partial charge in [0.2, 0.25) is 0 Å². The van der Waals surface area contributed by atoms with Crippen LogP contribution >= 0.6 is 0 Å². The maximum Gasteiger partial charge on any atom is 0.0544 e. The standard InChI is InChI=1S/C18H31N3/c1-15(2)19-12-16-6-7-17(20-13-16)14-21-10-5-8-18(3,4)9-11-21/h6-7,13,15,19H,5,8-12,14H2,1-4H3. The summed E-state index contributed by atoms with van der Waals surface area (Å²) in [5, 5.41) is 3.43. The first-order valence-corrected chi connectivity index (χ1v) is 8.34. The summed E-state index contributed by atoms with van der Waals surface area (Å²) in [6.07, 6.45) is 5.97. The molecule has 0 aliphatic carbocycles. The number of pyridine rings is 1. The molecule has 2 rings (SSSR count). The van der Waals surface area contributed by atoms with Crippen molar-refractivity contribution in [2.24, 2.45) is 5.41 Å². The molecule has 1 N–H and O–H groups in total. The van der Waals surface area contributed by atoms with Gasteiger partial charge in [-0.25, -0.2) is 0 Å². The molecule has 0 radical (unpaired) electrons. The fraction of sp³-hybridized carbons (Fsp3) is 0.722. The molecule has 0 atom stereocenters. The third-order valence-corrected chi connectivity index (χ3v) is 4.42. The molecular formula is C18H31N3. The van der Waals surface area contributed by atoms with E-state index in [2.05, 4.69) is 55.0 Å². The maximum atomic E-state index is 4.64. The molecule has 0 aromatic carbocycles. The first-order chi connectivity index (χ1) is 9.94. The highest BCUT2D eigenvalue weighted by Gasteiger charge is 2.23. The number of likely N-dealkylation sites (tertiary alicyclic amines) is 1. The number of rotatable bonds is 5. The summed E-state index contributed by atoms with van der Waals surface area (Å²) in [7, 11) is 0. The summed E-state index contributed by atoms with van der Waals surface area (Å²) < 4.78 is 0. The van der Waals surface area contributed by atoms with Crippen LogP contribution in [0.15, 0.2) is 18.3 Å². The number of aromatic nitrogens is 1. The molecule has 3 nitrogen and oxygen atoms in total. The van der Waals surface area contributed by atoms with Crippen molar-refractivity contribution in [3.63, 3.8) is 0 Å². The lowest BCUT2D eigenvalue weighted by Gasteiger charge is -2.23. The molecule has 1 aliphatic heterocycles. The zero-order valence-corrected chi connectivity index (χ0v) is 14.2. The van der Waals surface area contributed by atoms with Crippen LogP contribution in [-0.2, 0) is 13.1 Å². The van der Waals surface area contributed by atoms with E-state index in [0.29, 0.717) is 11.5 Å². The molecule has 21 heavy (non-hydrogen) atoms. The van der Waals surface area contributed by atoms with Gasteiger partial charge >= 0.3 is 0 Å². The van der Waals surface area contributed by atoms with Crippen LogP contribution < -0.4 is 5.32 Å². The third-order valence-electron chi connectivity index (χ3n) is 4.42. The Bertz CT molecular complexity index is 423. The van der Waals surface area contributed by atoms with Crippen molar-refractivity contribution >= 4 is 0 Å². The lowest BCUT2D eigenvalue weighted by Crippen LogP contribution is -2.25. The zero-order chi connectivity index (χ0) is 15.3. The summed E-state index contributed by atoms with van der Waals surface area (Å²) in [5.41, 5.74) is 2.97. The zero-order valence-electron chi connectivity index (χ0n) is 14.2. The predicted octanol–water partition coefficient (Wildman–Crippen LogP) is 3.59. The van der Waals surface area contributed by atoms with Crippen LogP contribution in [0.25, 0.3) is 0 Å². The first-order valence-electron chi connectivity index (χ1n) is 8.34. The van der Waals surface area contributed by atoms with E-state index in [1.807, 2.05) is 6.20 Å². The van der Waals surface area contributed by atoms with Crippen molar-refractivity contribution in [1.29, 1.82) is 0 Å². The van der Waals surface area contributed by atoms with Crippen LogP contribution in [0, 0.1) is 5.41 Å². The minimum absolute atomic E-state index is 0.508. The molecule has 1 aliphatic rings. The fourth-order valence-electron chi connectivity index (χ4n) is 2.84. The largest absolute Gasteiger partial charge is 0.310 e. The summed E-state index contributed by atoms with van der Waals surface area (Å²) in [4.78, 5) is 7.19. The van der Waals surface area contributed by atoms with Gasteiger partial charge in [0.1, 0.15) is 0 Å². The van der Waals surface area contributed by atoms with E-state index in [4.69, 9.17) is 0 Å². The lowest BCUT2D eigenvalue weighted by atomic mass is 9.85. The van der Waals surface area contributed by atoms with E-state index in [0.717, 1.165) is 13.1 Å². The van der Waals surface area contributed by atoms with Crippen LogP contribution in [0.5, 0.6) is 0 Å². The Kier molecular flexibility index (Phi) is 5.77. The fourth-order valence-corrected chi connectivity index (χ4v) is 2.84. The van der Waals surface area contributed by atoms with Crippen LogP contribution in [0.4, 0.5) is 0 Å². The first kappa shape index (κ1) is 16.4. The van der Waals surface area contributed by atoms with E-state index in [1.165, 1.54) is 43.6 Å². The van der Waals surface area contributed by atoms with Gasteiger partial charge in [0.05, 0.1) is 5.69 Å². The average Bonchev–Trinajstić information content (AvgIpc) is 2.59. The Labute approximate surface area is 130 Å². The highest BCUT2D eigenvalue weighted by atomic mass is 15.1. The monoisotopic (exact) mass is 289 g/mol. The van der Waals surface area contributed by atoms with Crippen molar-refractivity contribution in [1.82, 2.24) is 15.2 Å². The maximum absolute atomic E-state index is 4.64. The van der Waals surface area contributed by atoms with E-state index in [1.54, 1.807) is 0 Å². The Balaban J connectivity index is 1.85. The summed E-state index contributed by atoms with van der Waals surface area (Å²) >= 11 is 0. The number of hydrogen-bond acceptors (Lipinski definition) is 3. The molecule has 1 aromatic rings.